The monoisotopic (exact) mass is 467 g/mol. The summed E-state index contributed by atoms with van der Waals surface area (Å²) in [5.74, 6) is -0.0448. The van der Waals surface area contributed by atoms with Crippen molar-refractivity contribution in [1.82, 2.24) is 9.55 Å². The quantitative estimate of drug-likeness (QED) is 0.290. The van der Waals surface area contributed by atoms with E-state index in [2.05, 4.69) is 5.32 Å². The number of halogens is 1. The first-order valence-corrected chi connectivity index (χ1v) is 12.0. The average molecular weight is 468 g/mol. The number of hydrogen-bond donors (Lipinski definition) is 1. The van der Waals surface area contributed by atoms with Crippen LogP contribution in [0.2, 0.25) is 5.02 Å². The van der Waals surface area contributed by atoms with Gasteiger partial charge in [0.05, 0.1) is 5.75 Å². The normalized spacial score (nSPS) is 14.4. The number of thioether (sulfide) groups is 1. The number of nitrogens with zero attached hydrogens (tertiary/aromatic N) is 2. The lowest BCUT2D eigenvalue weighted by Gasteiger charge is -2.17. The summed E-state index contributed by atoms with van der Waals surface area (Å²) in [4.78, 5) is 30.9. The van der Waals surface area contributed by atoms with Gasteiger partial charge in [-0.05, 0) is 49.6 Å². The summed E-state index contributed by atoms with van der Waals surface area (Å²) in [6.45, 7) is 1.91. The number of rotatable bonds is 5. The molecule has 2 heterocycles. The molecule has 1 aliphatic carbocycles. The second kappa shape index (κ2) is 8.64. The van der Waals surface area contributed by atoms with E-state index in [0.717, 1.165) is 36.6 Å². The van der Waals surface area contributed by atoms with Crippen molar-refractivity contribution in [1.29, 1.82) is 0 Å². The van der Waals surface area contributed by atoms with Gasteiger partial charge < -0.3 is 9.73 Å². The molecule has 1 N–H and O–H groups in total. The fourth-order valence-electron chi connectivity index (χ4n) is 4.27. The highest BCUT2D eigenvalue weighted by Crippen LogP contribution is 2.34. The number of aryl methyl sites for hydroxylation is 1. The molecule has 8 heteroatoms. The van der Waals surface area contributed by atoms with Crippen LogP contribution in [0.25, 0.3) is 22.1 Å². The molecular weight excluding hydrogens is 446 g/mol. The molecule has 32 heavy (non-hydrogen) atoms. The van der Waals surface area contributed by atoms with Crippen LogP contribution >= 0.6 is 23.4 Å². The number of carbonyl (C=O) groups excluding carboxylic acids is 1. The van der Waals surface area contributed by atoms with E-state index >= 15 is 0 Å². The minimum atomic E-state index is -0.176. The number of carbonyl (C=O) groups is 1. The summed E-state index contributed by atoms with van der Waals surface area (Å²) in [7, 11) is 0. The van der Waals surface area contributed by atoms with Crippen LogP contribution in [0, 0.1) is 6.92 Å². The van der Waals surface area contributed by atoms with Crippen LogP contribution in [-0.4, -0.2) is 21.2 Å². The Morgan fingerprint density at radius 1 is 1.25 bits per heavy atom. The zero-order chi connectivity index (χ0) is 22.2. The largest absolute Gasteiger partial charge is 0.448 e. The van der Waals surface area contributed by atoms with Crippen molar-refractivity contribution in [3.63, 3.8) is 0 Å². The van der Waals surface area contributed by atoms with Crippen LogP contribution < -0.4 is 10.9 Å². The first kappa shape index (κ1) is 21.1. The van der Waals surface area contributed by atoms with E-state index in [1.54, 1.807) is 16.7 Å². The Hall–Kier alpha value is -2.77. The number of anilines is 1. The van der Waals surface area contributed by atoms with Gasteiger partial charge in [0.1, 0.15) is 11.1 Å². The SMILES string of the molecule is Cc1ccc(Cl)cc1NC(=O)CSc1nc2c(oc3ccccc32)c(=O)n1C1CCCC1. The third kappa shape index (κ3) is 3.91. The fraction of sp³-hybridized carbons (Fsp3) is 0.292. The first-order chi connectivity index (χ1) is 15.5. The molecule has 5 rings (SSSR count). The second-order valence-electron chi connectivity index (χ2n) is 8.08. The lowest BCUT2D eigenvalue weighted by molar-refractivity contribution is -0.113. The first-order valence-electron chi connectivity index (χ1n) is 10.6. The lowest BCUT2D eigenvalue weighted by Crippen LogP contribution is -2.26. The highest BCUT2D eigenvalue weighted by atomic mass is 35.5. The predicted molar refractivity (Wildman–Crippen MR) is 129 cm³/mol. The Bertz CT molecular complexity index is 1390. The van der Waals surface area contributed by atoms with Gasteiger partial charge in [-0.3, -0.25) is 14.2 Å². The Balaban J connectivity index is 1.49. The maximum atomic E-state index is 13.4. The molecule has 6 nitrogen and oxygen atoms in total. The molecule has 1 amide bonds. The second-order valence-corrected chi connectivity index (χ2v) is 9.46. The van der Waals surface area contributed by atoms with Crippen molar-refractivity contribution >= 4 is 57.0 Å². The smallest absolute Gasteiger partial charge is 0.298 e. The van der Waals surface area contributed by atoms with Gasteiger partial charge in [-0.15, -0.1) is 0 Å². The third-order valence-electron chi connectivity index (χ3n) is 5.89. The summed E-state index contributed by atoms with van der Waals surface area (Å²) in [6, 6.07) is 13.0. The molecule has 0 atom stereocenters. The average Bonchev–Trinajstić information content (AvgIpc) is 3.43. The van der Waals surface area contributed by atoms with E-state index in [0.29, 0.717) is 27.0 Å². The molecule has 4 aromatic rings. The van der Waals surface area contributed by atoms with Crippen molar-refractivity contribution in [3.05, 3.63) is 63.4 Å². The van der Waals surface area contributed by atoms with E-state index in [9.17, 15) is 9.59 Å². The van der Waals surface area contributed by atoms with E-state index in [1.165, 1.54) is 11.8 Å². The van der Waals surface area contributed by atoms with Crippen LogP contribution in [-0.2, 0) is 4.79 Å². The molecule has 0 saturated heterocycles. The zero-order valence-electron chi connectivity index (χ0n) is 17.6. The number of aromatic nitrogens is 2. The van der Waals surface area contributed by atoms with E-state index < -0.39 is 0 Å². The summed E-state index contributed by atoms with van der Waals surface area (Å²) in [5, 5.41) is 4.83. The number of amides is 1. The van der Waals surface area contributed by atoms with Crippen molar-refractivity contribution in [3.8, 4) is 0 Å². The molecule has 0 spiro atoms. The molecule has 0 bridgehead atoms. The number of hydrogen-bond acceptors (Lipinski definition) is 5. The van der Waals surface area contributed by atoms with Crippen molar-refractivity contribution in [2.75, 3.05) is 11.1 Å². The van der Waals surface area contributed by atoms with E-state index in [-0.39, 0.29) is 28.8 Å². The maximum Gasteiger partial charge on any atom is 0.298 e. The third-order valence-corrected chi connectivity index (χ3v) is 7.08. The fourth-order valence-corrected chi connectivity index (χ4v) is 5.30. The predicted octanol–water partition coefficient (Wildman–Crippen LogP) is 5.95. The van der Waals surface area contributed by atoms with Gasteiger partial charge >= 0.3 is 0 Å². The van der Waals surface area contributed by atoms with E-state index in [4.69, 9.17) is 21.0 Å². The van der Waals surface area contributed by atoms with Gasteiger partial charge in [0.25, 0.3) is 5.56 Å². The van der Waals surface area contributed by atoms with Crippen LogP contribution in [0.5, 0.6) is 0 Å². The number of fused-ring (bicyclic) bond motifs is 3. The molecule has 2 aromatic carbocycles. The maximum absolute atomic E-state index is 13.4. The molecule has 2 aromatic heterocycles. The Morgan fingerprint density at radius 3 is 2.84 bits per heavy atom. The Labute approximate surface area is 194 Å². The molecule has 1 saturated carbocycles. The van der Waals surface area contributed by atoms with Gasteiger partial charge in [-0.1, -0.05) is 54.4 Å². The topological polar surface area (TPSA) is 77.1 Å². The molecule has 0 radical (unpaired) electrons. The number of para-hydroxylation sites is 1. The molecule has 1 aliphatic rings. The number of benzene rings is 2. The van der Waals surface area contributed by atoms with Crippen LogP contribution in [0.15, 0.2) is 56.8 Å². The number of furan rings is 1. The Morgan fingerprint density at radius 2 is 2.03 bits per heavy atom. The van der Waals surface area contributed by atoms with Gasteiger partial charge in [0, 0.05) is 22.1 Å². The molecule has 0 unspecified atom stereocenters. The Kier molecular flexibility index (Phi) is 5.69. The van der Waals surface area contributed by atoms with Crippen molar-refractivity contribution in [2.45, 2.75) is 43.8 Å². The van der Waals surface area contributed by atoms with Crippen LogP contribution in [0.3, 0.4) is 0 Å². The van der Waals surface area contributed by atoms with Gasteiger partial charge in [0.15, 0.2) is 5.16 Å². The number of nitrogens with one attached hydrogen (secondary N) is 1. The standard InChI is InChI=1S/C24H22ClN3O3S/c1-14-10-11-15(25)12-18(14)26-20(29)13-32-24-27-21-17-8-4-5-9-19(17)31-22(21)23(30)28(24)16-6-2-3-7-16/h4-5,8-12,16H,2-3,6-7,13H2,1H3,(H,26,29). The molecule has 164 valence electrons. The minimum absolute atomic E-state index is 0.0772. The highest BCUT2D eigenvalue weighted by Gasteiger charge is 2.25. The zero-order valence-corrected chi connectivity index (χ0v) is 19.1. The summed E-state index contributed by atoms with van der Waals surface area (Å²) >= 11 is 7.34. The summed E-state index contributed by atoms with van der Waals surface area (Å²) in [5.41, 5.74) is 2.91. The van der Waals surface area contributed by atoms with Crippen molar-refractivity contribution < 1.29 is 9.21 Å². The van der Waals surface area contributed by atoms with E-state index in [1.807, 2.05) is 37.3 Å². The summed E-state index contributed by atoms with van der Waals surface area (Å²) in [6.07, 6.45) is 4.01. The lowest BCUT2D eigenvalue weighted by atomic mass is 10.2. The van der Waals surface area contributed by atoms with Crippen LogP contribution in [0.1, 0.15) is 37.3 Å². The minimum Gasteiger partial charge on any atom is -0.448 e. The molecule has 0 aliphatic heterocycles. The van der Waals surface area contributed by atoms with Crippen LogP contribution in [0.4, 0.5) is 5.69 Å². The molecule has 1 fully saturated rings. The molecular formula is C24H22ClN3O3S. The van der Waals surface area contributed by atoms with Crippen molar-refractivity contribution in [2.24, 2.45) is 0 Å². The van der Waals surface area contributed by atoms with Gasteiger partial charge in [0.2, 0.25) is 11.5 Å². The van der Waals surface area contributed by atoms with Gasteiger partial charge in [-0.2, -0.15) is 0 Å². The summed E-state index contributed by atoms with van der Waals surface area (Å²) < 4.78 is 7.61. The highest BCUT2D eigenvalue weighted by molar-refractivity contribution is 7.99. The van der Waals surface area contributed by atoms with Gasteiger partial charge in [-0.25, -0.2) is 4.98 Å².